The van der Waals surface area contributed by atoms with Gasteiger partial charge in [0.05, 0.1) is 24.4 Å². The highest BCUT2D eigenvalue weighted by Crippen LogP contribution is 2.33. The number of hydrogen-bond donors (Lipinski definition) is 2. The standard InChI is InChI=1S/C22H21ClN4O2.C10H9ClINO/c23-20-6-2-15(22(28)25-17-3-4-17)12-19(20)14-1-5-18-16(11-14)13-24-26-21(18)27-7-9-29-10-8-27;11-8-4-1-6(5-9(8)12)10(14)13-7-2-3-7/h1-2,5-6,11-13,17H,3-4,7-10H2,(H,25,28);1,4-5,7H,2-3H2,(H,13,14). The average Bonchev–Trinajstić information content (AvgIpc) is 3.97. The quantitative estimate of drug-likeness (QED) is 0.220. The molecule has 8 nitrogen and oxygen atoms in total. The highest BCUT2D eigenvalue weighted by molar-refractivity contribution is 14.1. The van der Waals surface area contributed by atoms with Crippen LogP contribution < -0.4 is 15.5 Å². The predicted molar refractivity (Wildman–Crippen MR) is 178 cm³/mol. The summed E-state index contributed by atoms with van der Waals surface area (Å²) in [7, 11) is 0. The number of nitrogens with zero attached hydrogens (tertiary/aromatic N) is 3. The molecule has 7 rings (SSSR count). The Labute approximate surface area is 273 Å². The Morgan fingerprint density at radius 2 is 1.47 bits per heavy atom. The Balaban J connectivity index is 0.000000197. The summed E-state index contributed by atoms with van der Waals surface area (Å²) in [5, 5.41) is 17.9. The largest absolute Gasteiger partial charge is 0.378 e. The second kappa shape index (κ2) is 13.3. The van der Waals surface area contributed by atoms with Crippen LogP contribution in [0.15, 0.2) is 60.8 Å². The summed E-state index contributed by atoms with van der Waals surface area (Å²) in [6.45, 7) is 3.00. The van der Waals surface area contributed by atoms with Crippen molar-refractivity contribution in [3.05, 3.63) is 85.5 Å². The van der Waals surface area contributed by atoms with Crippen LogP contribution in [-0.2, 0) is 4.74 Å². The number of hydrogen-bond acceptors (Lipinski definition) is 6. The molecule has 4 aromatic rings. The monoisotopic (exact) mass is 729 g/mol. The van der Waals surface area contributed by atoms with Crippen molar-refractivity contribution in [3.8, 4) is 11.1 Å². The maximum atomic E-state index is 12.4. The van der Waals surface area contributed by atoms with Crippen molar-refractivity contribution in [1.29, 1.82) is 0 Å². The van der Waals surface area contributed by atoms with Gasteiger partial charge < -0.3 is 20.3 Å². The summed E-state index contributed by atoms with van der Waals surface area (Å²) in [6.07, 6.45) is 6.10. The maximum Gasteiger partial charge on any atom is 0.251 e. The Morgan fingerprint density at radius 1 is 0.837 bits per heavy atom. The van der Waals surface area contributed by atoms with Crippen LogP contribution in [0.4, 0.5) is 5.82 Å². The fourth-order valence-corrected chi connectivity index (χ4v) is 5.63. The van der Waals surface area contributed by atoms with Crippen molar-refractivity contribution in [2.24, 2.45) is 0 Å². The molecule has 3 aliphatic rings. The molecule has 43 heavy (non-hydrogen) atoms. The van der Waals surface area contributed by atoms with Gasteiger partial charge in [0.1, 0.15) is 0 Å². The third kappa shape index (κ3) is 7.57. The number of carbonyl (C=O) groups excluding carboxylic acids is 2. The number of ether oxygens (including phenoxy) is 1. The summed E-state index contributed by atoms with van der Waals surface area (Å²) < 4.78 is 6.35. The molecule has 11 heteroatoms. The fraction of sp³-hybridized carbons (Fsp3) is 0.312. The van der Waals surface area contributed by atoms with Gasteiger partial charge in [-0.05, 0) is 102 Å². The summed E-state index contributed by atoms with van der Waals surface area (Å²) in [4.78, 5) is 26.2. The van der Waals surface area contributed by atoms with Gasteiger partial charge in [-0.25, -0.2) is 0 Å². The maximum absolute atomic E-state index is 12.4. The molecule has 2 N–H and O–H groups in total. The Hall–Kier alpha value is -2.99. The smallest absolute Gasteiger partial charge is 0.251 e. The molecule has 0 bridgehead atoms. The molecular formula is C32H30Cl2IN5O3. The van der Waals surface area contributed by atoms with Crippen LogP contribution in [-0.4, -0.2) is 60.4 Å². The highest BCUT2D eigenvalue weighted by atomic mass is 127. The van der Waals surface area contributed by atoms with Gasteiger partial charge in [0.2, 0.25) is 0 Å². The first kappa shape index (κ1) is 30.1. The number of anilines is 1. The summed E-state index contributed by atoms with van der Waals surface area (Å²) in [6, 6.07) is 17.6. The Bertz CT molecular complexity index is 1670. The lowest BCUT2D eigenvalue weighted by Gasteiger charge is -2.28. The van der Waals surface area contributed by atoms with E-state index in [2.05, 4.69) is 60.5 Å². The van der Waals surface area contributed by atoms with E-state index in [0.717, 1.165) is 70.1 Å². The van der Waals surface area contributed by atoms with Gasteiger partial charge in [0.25, 0.3) is 11.8 Å². The second-order valence-corrected chi connectivity index (χ2v) is 12.9. The van der Waals surface area contributed by atoms with E-state index in [1.165, 1.54) is 0 Å². The molecule has 222 valence electrons. The van der Waals surface area contributed by atoms with Crippen molar-refractivity contribution in [2.75, 3.05) is 31.2 Å². The van der Waals surface area contributed by atoms with Crippen molar-refractivity contribution in [3.63, 3.8) is 0 Å². The number of fused-ring (bicyclic) bond motifs is 1. The van der Waals surface area contributed by atoms with Crippen LogP contribution in [0.3, 0.4) is 0 Å². The molecule has 0 atom stereocenters. The van der Waals surface area contributed by atoms with Crippen LogP contribution in [0.25, 0.3) is 21.9 Å². The number of carbonyl (C=O) groups is 2. The van der Waals surface area contributed by atoms with Crippen molar-refractivity contribution in [2.45, 2.75) is 37.8 Å². The predicted octanol–water partition coefficient (Wildman–Crippen LogP) is 6.52. The molecule has 1 aromatic heterocycles. The zero-order valence-electron chi connectivity index (χ0n) is 23.3. The van der Waals surface area contributed by atoms with E-state index in [1.54, 1.807) is 36.5 Å². The normalized spacial score (nSPS) is 16.3. The van der Waals surface area contributed by atoms with E-state index in [4.69, 9.17) is 27.9 Å². The first-order valence-corrected chi connectivity index (χ1v) is 16.1. The third-order valence-electron chi connectivity index (χ3n) is 7.50. The van der Waals surface area contributed by atoms with Crippen molar-refractivity contribution in [1.82, 2.24) is 20.8 Å². The number of amides is 2. The molecule has 1 aliphatic heterocycles. The minimum atomic E-state index is -0.0494. The van der Waals surface area contributed by atoms with E-state index < -0.39 is 0 Å². The number of nitrogens with one attached hydrogen (secondary N) is 2. The molecule has 1 saturated heterocycles. The lowest BCUT2D eigenvalue weighted by Crippen LogP contribution is -2.37. The first-order chi connectivity index (χ1) is 20.9. The van der Waals surface area contributed by atoms with Gasteiger partial charge in [0, 0.05) is 61.2 Å². The van der Waals surface area contributed by atoms with Crippen LogP contribution in [0, 0.1) is 3.57 Å². The van der Waals surface area contributed by atoms with Crippen LogP contribution in [0.5, 0.6) is 0 Å². The van der Waals surface area contributed by atoms with E-state index >= 15 is 0 Å². The summed E-state index contributed by atoms with van der Waals surface area (Å²) >= 11 is 14.5. The number of halogens is 3. The number of rotatable bonds is 6. The Morgan fingerprint density at radius 3 is 2.09 bits per heavy atom. The first-order valence-electron chi connectivity index (χ1n) is 14.3. The zero-order valence-corrected chi connectivity index (χ0v) is 27.0. The van der Waals surface area contributed by atoms with Gasteiger partial charge in [-0.3, -0.25) is 9.59 Å². The van der Waals surface area contributed by atoms with Gasteiger partial charge >= 0.3 is 0 Å². The second-order valence-electron chi connectivity index (χ2n) is 10.9. The van der Waals surface area contributed by atoms with Crippen molar-refractivity contribution < 1.29 is 14.3 Å². The SMILES string of the molecule is O=C(NC1CC1)c1ccc(Cl)c(-c2ccc3c(N4CCOCC4)nncc3c2)c1.O=C(NC1CC1)c1ccc(Cl)c(I)c1. The molecule has 0 unspecified atom stereocenters. The van der Waals surface area contributed by atoms with E-state index in [9.17, 15) is 9.59 Å². The summed E-state index contributed by atoms with van der Waals surface area (Å²) in [5.74, 6) is 0.828. The summed E-state index contributed by atoms with van der Waals surface area (Å²) in [5.41, 5.74) is 3.09. The molecule has 0 radical (unpaired) electrons. The molecule has 2 saturated carbocycles. The van der Waals surface area contributed by atoms with Gasteiger partial charge in [-0.2, -0.15) is 5.10 Å². The molecule has 2 heterocycles. The van der Waals surface area contributed by atoms with E-state index in [0.29, 0.717) is 46.5 Å². The fourth-order valence-electron chi connectivity index (χ4n) is 4.77. The molecule has 3 aromatic carbocycles. The van der Waals surface area contributed by atoms with Gasteiger partial charge in [-0.1, -0.05) is 29.3 Å². The minimum absolute atomic E-state index is 0.00193. The van der Waals surface area contributed by atoms with Crippen LogP contribution in [0.2, 0.25) is 10.0 Å². The van der Waals surface area contributed by atoms with Crippen LogP contribution in [0.1, 0.15) is 46.4 Å². The lowest BCUT2D eigenvalue weighted by atomic mass is 10.00. The average molecular weight is 730 g/mol. The zero-order chi connectivity index (χ0) is 29.9. The number of benzene rings is 3. The lowest BCUT2D eigenvalue weighted by molar-refractivity contribution is 0.0942. The van der Waals surface area contributed by atoms with Gasteiger partial charge in [0.15, 0.2) is 5.82 Å². The van der Waals surface area contributed by atoms with Gasteiger partial charge in [-0.15, -0.1) is 5.10 Å². The number of aromatic nitrogens is 2. The third-order valence-corrected chi connectivity index (χ3v) is 9.37. The van der Waals surface area contributed by atoms with E-state index in [-0.39, 0.29) is 11.8 Å². The topological polar surface area (TPSA) is 96.5 Å². The molecular weight excluding hydrogens is 700 g/mol. The Kier molecular flexibility index (Phi) is 9.32. The highest BCUT2D eigenvalue weighted by Gasteiger charge is 2.25. The molecule has 2 amide bonds. The molecule has 0 spiro atoms. The van der Waals surface area contributed by atoms with E-state index in [1.807, 2.05) is 12.1 Å². The van der Waals surface area contributed by atoms with Crippen LogP contribution >= 0.6 is 45.8 Å². The molecule has 2 aliphatic carbocycles. The van der Waals surface area contributed by atoms with Crippen molar-refractivity contribution >= 4 is 74.2 Å². The minimum Gasteiger partial charge on any atom is -0.378 e. The number of morpholine rings is 1. The molecule has 3 fully saturated rings.